The maximum atomic E-state index is 6.15. The molecule has 0 bridgehead atoms. The molecular weight excluding hydrogens is 246 g/mol. The maximum absolute atomic E-state index is 6.15. The van der Waals surface area contributed by atoms with Crippen molar-refractivity contribution in [1.82, 2.24) is 15.1 Å². The molecule has 3 nitrogen and oxygen atoms in total. The number of halogens is 1. The number of aryl methyl sites for hydroxylation is 1. The Labute approximate surface area is 113 Å². The molecule has 0 atom stereocenters. The fraction of sp³-hybridized carbons (Fsp3) is 0.357. The summed E-state index contributed by atoms with van der Waals surface area (Å²) in [4.78, 5) is 0. The predicted molar refractivity (Wildman–Crippen MR) is 75.4 cm³/mol. The van der Waals surface area contributed by atoms with E-state index in [-0.39, 0.29) is 0 Å². The van der Waals surface area contributed by atoms with E-state index in [4.69, 9.17) is 11.6 Å². The van der Waals surface area contributed by atoms with Crippen LogP contribution in [0, 0.1) is 13.8 Å². The molecule has 0 aliphatic carbocycles. The van der Waals surface area contributed by atoms with Gasteiger partial charge in [-0.1, -0.05) is 30.7 Å². The Morgan fingerprint density at radius 2 is 1.89 bits per heavy atom. The second kappa shape index (κ2) is 5.55. The number of benzene rings is 1. The summed E-state index contributed by atoms with van der Waals surface area (Å²) in [6.45, 7) is 7.88. The van der Waals surface area contributed by atoms with Crippen LogP contribution in [0.2, 0.25) is 5.02 Å². The molecule has 2 aromatic rings. The van der Waals surface area contributed by atoms with Crippen molar-refractivity contribution < 1.29 is 0 Å². The van der Waals surface area contributed by atoms with E-state index in [0.717, 1.165) is 35.2 Å². The van der Waals surface area contributed by atoms with Crippen LogP contribution < -0.4 is 5.32 Å². The van der Waals surface area contributed by atoms with Gasteiger partial charge >= 0.3 is 0 Å². The smallest absolute Gasteiger partial charge is 0.0848 e. The zero-order valence-corrected chi connectivity index (χ0v) is 11.8. The maximum Gasteiger partial charge on any atom is 0.0848 e. The van der Waals surface area contributed by atoms with Gasteiger partial charge in [-0.3, -0.25) is 0 Å². The molecule has 96 valence electrons. The summed E-state index contributed by atoms with van der Waals surface area (Å²) in [5, 5.41) is 8.49. The van der Waals surface area contributed by atoms with Gasteiger partial charge in [-0.25, -0.2) is 4.68 Å². The largest absolute Gasteiger partial charge is 0.313 e. The zero-order chi connectivity index (χ0) is 13.1. The van der Waals surface area contributed by atoms with E-state index >= 15 is 0 Å². The standard InChI is InChI=1S/C14H18ClN3/c1-4-16-9-12-5-7-13(8-6-12)18-11(3)14(15)10(2)17-18/h5-8,16H,4,9H2,1-3H3. The second-order valence-corrected chi connectivity index (χ2v) is 4.72. The van der Waals surface area contributed by atoms with E-state index in [1.807, 2.05) is 18.5 Å². The second-order valence-electron chi connectivity index (χ2n) is 4.34. The molecule has 0 saturated heterocycles. The molecule has 18 heavy (non-hydrogen) atoms. The summed E-state index contributed by atoms with van der Waals surface area (Å²) in [5.74, 6) is 0. The van der Waals surface area contributed by atoms with Crippen molar-refractivity contribution in [3.05, 3.63) is 46.2 Å². The average Bonchev–Trinajstić information content (AvgIpc) is 2.65. The first-order valence-corrected chi connectivity index (χ1v) is 6.53. The minimum absolute atomic E-state index is 0.742. The lowest BCUT2D eigenvalue weighted by Gasteiger charge is -2.06. The molecule has 1 aromatic carbocycles. The Hall–Kier alpha value is -1.32. The Balaban J connectivity index is 2.26. The highest BCUT2D eigenvalue weighted by molar-refractivity contribution is 6.31. The van der Waals surface area contributed by atoms with Gasteiger partial charge in [0.2, 0.25) is 0 Å². The van der Waals surface area contributed by atoms with Gasteiger partial charge in [0.15, 0.2) is 0 Å². The fourth-order valence-corrected chi connectivity index (χ4v) is 2.02. The summed E-state index contributed by atoms with van der Waals surface area (Å²) in [6, 6.07) is 8.37. The highest BCUT2D eigenvalue weighted by atomic mass is 35.5. The topological polar surface area (TPSA) is 29.9 Å². The first-order valence-electron chi connectivity index (χ1n) is 6.15. The quantitative estimate of drug-likeness (QED) is 0.918. The van der Waals surface area contributed by atoms with Gasteiger partial charge in [-0.2, -0.15) is 5.10 Å². The highest BCUT2D eigenvalue weighted by Crippen LogP contribution is 2.22. The van der Waals surface area contributed by atoms with Crippen molar-refractivity contribution in [2.45, 2.75) is 27.3 Å². The van der Waals surface area contributed by atoms with E-state index in [1.54, 1.807) is 0 Å². The lowest BCUT2D eigenvalue weighted by molar-refractivity contribution is 0.726. The van der Waals surface area contributed by atoms with Gasteiger partial charge in [-0.15, -0.1) is 0 Å². The molecule has 0 fully saturated rings. The van der Waals surface area contributed by atoms with Crippen molar-refractivity contribution in [2.24, 2.45) is 0 Å². The van der Waals surface area contributed by atoms with Gasteiger partial charge in [-0.05, 0) is 38.1 Å². The summed E-state index contributed by atoms with van der Waals surface area (Å²) in [6.07, 6.45) is 0. The number of aromatic nitrogens is 2. The van der Waals surface area contributed by atoms with Gasteiger partial charge in [0, 0.05) is 6.54 Å². The first-order chi connectivity index (χ1) is 8.63. The van der Waals surface area contributed by atoms with Crippen molar-refractivity contribution in [3.8, 4) is 5.69 Å². The van der Waals surface area contributed by atoms with Crippen LogP contribution in [0.3, 0.4) is 0 Å². The molecule has 2 rings (SSSR count). The van der Waals surface area contributed by atoms with Crippen LogP contribution >= 0.6 is 11.6 Å². The van der Waals surface area contributed by atoms with E-state index in [0.29, 0.717) is 0 Å². The first kappa shape index (κ1) is 13.1. The van der Waals surface area contributed by atoms with Gasteiger partial charge in [0.25, 0.3) is 0 Å². The molecule has 1 heterocycles. The Bertz CT molecular complexity index is 529. The molecule has 1 N–H and O–H groups in total. The van der Waals surface area contributed by atoms with Crippen LogP contribution in [0.25, 0.3) is 5.69 Å². The minimum Gasteiger partial charge on any atom is -0.313 e. The Morgan fingerprint density at radius 3 is 2.39 bits per heavy atom. The third-order valence-electron chi connectivity index (χ3n) is 2.96. The van der Waals surface area contributed by atoms with Crippen LogP contribution in [0.1, 0.15) is 23.9 Å². The van der Waals surface area contributed by atoms with Crippen LogP contribution in [0.4, 0.5) is 0 Å². The van der Waals surface area contributed by atoms with Crippen LogP contribution in [-0.2, 0) is 6.54 Å². The number of nitrogens with one attached hydrogen (secondary N) is 1. The monoisotopic (exact) mass is 263 g/mol. The van der Waals surface area contributed by atoms with Crippen molar-refractivity contribution in [3.63, 3.8) is 0 Å². The van der Waals surface area contributed by atoms with Crippen molar-refractivity contribution in [2.75, 3.05) is 6.54 Å². The van der Waals surface area contributed by atoms with E-state index in [2.05, 4.69) is 41.6 Å². The lowest BCUT2D eigenvalue weighted by atomic mass is 10.2. The summed E-state index contributed by atoms with van der Waals surface area (Å²) in [5.41, 5.74) is 4.16. The van der Waals surface area contributed by atoms with Gasteiger partial charge in [0.05, 0.1) is 22.1 Å². The molecule has 0 radical (unpaired) electrons. The molecule has 0 spiro atoms. The number of hydrogen-bond acceptors (Lipinski definition) is 2. The van der Waals surface area contributed by atoms with Crippen molar-refractivity contribution >= 4 is 11.6 Å². The Morgan fingerprint density at radius 1 is 1.22 bits per heavy atom. The van der Waals surface area contributed by atoms with Gasteiger partial charge in [0.1, 0.15) is 0 Å². The minimum atomic E-state index is 0.742. The predicted octanol–water partition coefficient (Wildman–Crippen LogP) is 3.25. The van der Waals surface area contributed by atoms with E-state index < -0.39 is 0 Å². The molecule has 0 aliphatic heterocycles. The van der Waals surface area contributed by atoms with Crippen LogP contribution in [-0.4, -0.2) is 16.3 Å². The van der Waals surface area contributed by atoms with Crippen LogP contribution in [0.5, 0.6) is 0 Å². The van der Waals surface area contributed by atoms with Crippen LogP contribution in [0.15, 0.2) is 24.3 Å². The molecule has 0 aliphatic rings. The molecule has 0 unspecified atom stereocenters. The van der Waals surface area contributed by atoms with E-state index in [1.165, 1.54) is 5.56 Å². The van der Waals surface area contributed by atoms with Gasteiger partial charge < -0.3 is 5.32 Å². The molecule has 4 heteroatoms. The highest BCUT2D eigenvalue weighted by Gasteiger charge is 2.10. The molecular formula is C14H18ClN3. The summed E-state index contributed by atoms with van der Waals surface area (Å²) >= 11 is 6.15. The fourth-order valence-electron chi connectivity index (χ4n) is 1.90. The zero-order valence-electron chi connectivity index (χ0n) is 11.0. The molecule has 0 amide bonds. The third-order valence-corrected chi connectivity index (χ3v) is 3.51. The lowest BCUT2D eigenvalue weighted by Crippen LogP contribution is -2.11. The molecule has 0 saturated carbocycles. The summed E-state index contributed by atoms with van der Waals surface area (Å²) in [7, 11) is 0. The third kappa shape index (κ3) is 2.57. The number of rotatable bonds is 4. The number of nitrogens with zero attached hydrogens (tertiary/aromatic N) is 2. The van der Waals surface area contributed by atoms with E-state index in [9.17, 15) is 0 Å². The SMILES string of the molecule is CCNCc1ccc(-n2nc(C)c(Cl)c2C)cc1. The normalized spacial score (nSPS) is 10.9. The molecule has 1 aromatic heterocycles. The average molecular weight is 264 g/mol. The summed E-state index contributed by atoms with van der Waals surface area (Å²) < 4.78 is 1.88. The van der Waals surface area contributed by atoms with Crippen molar-refractivity contribution in [1.29, 1.82) is 0 Å². The Kier molecular flexibility index (Phi) is 4.04. The number of hydrogen-bond donors (Lipinski definition) is 1.